The third-order valence-corrected chi connectivity index (χ3v) is 7.62. The maximum atomic E-state index is 14.9. The van der Waals surface area contributed by atoms with Gasteiger partial charge in [0.1, 0.15) is 16.6 Å². The molecule has 0 radical (unpaired) electrons. The van der Waals surface area contributed by atoms with Gasteiger partial charge in [-0.15, -0.1) is 0 Å². The van der Waals surface area contributed by atoms with Crippen LogP contribution < -0.4 is 10.6 Å². The minimum Gasteiger partial charge on any atom is -0.347 e. The summed E-state index contributed by atoms with van der Waals surface area (Å²) in [5, 5.41) is 5.37. The number of halogens is 1. The topological polar surface area (TPSA) is 90.9 Å². The Labute approximate surface area is 191 Å². The molecule has 2 heterocycles. The van der Waals surface area contributed by atoms with Gasteiger partial charge in [0.25, 0.3) is 5.91 Å². The molecule has 4 atom stereocenters. The molecule has 2 aliphatic heterocycles. The van der Waals surface area contributed by atoms with Crippen LogP contribution in [0.1, 0.15) is 68.4 Å². The minimum atomic E-state index is -0.928. The number of likely N-dealkylation sites (tertiary alicyclic amines) is 1. The van der Waals surface area contributed by atoms with Crippen LogP contribution in [0.4, 0.5) is 4.39 Å². The third-order valence-electron chi connectivity index (χ3n) is 6.66. The molecular formula is C23H29FN4O3S. The summed E-state index contributed by atoms with van der Waals surface area (Å²) in [6.45, 7) is 6.13. The van der Waals surface area contributed by atoms with Crippen LogP contribution in [0.3, 0.4) is 0 Å². The Morgan fingerprint density at radius 2 is 1.91 bits per heavy atom. The molecule has 3 unspecified atom stereocenters. The minimum absolute atomic E-state index is 0.137. The Kier molecular flexibility index (Phi) is 6.29. The van der Waals surface area contributed by atoms with Gasteiger partial charge in [0.15, 0.2) is 0 Å². The highest BCUT2D eigenvalue weighted by molar-refractivity contribution is 8.13. The Morgan fingerprint density at radius 1 is 1.22 bits per heavy atom. The molecule has 32 heavy (non-hydrogen) atoms. The third kappa shape index (κ3) is 4.40. The van der Waals surface area contributed by atoms with E-state index in [1.807, 2.05) is 18.7 Å². The summed E-state index contributed by atoms with van der Waals surface area (Å²) < 4.78 is 14.9. The van der Waals surface area contributed by atoms with Crippen molar-refractivity contribution in [2.45, 2.75) is 75.4 Å². The van der Waals surface area contributed by atoms with Gasteiger partial charge in [-0.1, -0.05) is 17.8 Å². The van der Waals surface area contributed by atoms with Gasteiger partial charge < -0.3 is 15.5 Å². The van der Waals surface area contributed by atoms with Crippen LogP contribution in [0, 0.1) is 5.82 Å². The zero-order valence-corrected chi connectivity index (χ0v) is 19.4. The number of nitrogens with zero attached hydrogens (tertiary/aromatic N) is 2. The number of hydrogen-bond donors (Lipinski definition) is 2. The van der Waals surface area contributed by atoms with Crippen LogP contribution in [0.25, 0.3) is 0 Å². The van der Waals surface area contributed by atoms with Gasteiger partial charge >= 0.3 is 0 Å². The largest absolute Gasteiger partial charge is 0.347 e. The van der Waals surface area contributed by atoms with Crippen LogP contribution in [0.2, 0.25) is 0 Å². The summed E-state index contributed by atoms with van der Waals surface area (Å²) in [5.41, 5.74) is 1.34. The fraction of sp³-hybridized carbons (Fsp3) is 0.565. The van der Waals surface area contributed by atoms with Crippen molar-refractivity contribution in [2.75, 3.05) is 6.54 Å². The van der Waals surface area contributed by atoms with Gasteiger partial charge in [-0.2, -0.15) is 0 Å². The maximum absolute atomic E-state index is 14.9. The monoisotopic (exact) mass is 460 g/mol. The Balaban J connectivity index is 1.40. The molecule has 1 aromatic carbocycles. The van der Waals surface area contributed by atoms with Crippen LogP contribution in [0.5, 0.6) is 0 Å². The summed E-state index contributed by atoms with van der Waals surface area (Å²) in [6, 6.07) is 4.10. The average Bonchev–Trinajstić information content (AvgIpc) is 3.17. The average molecular weight is 461 g/mol. The smallest absolute Gasteiger partial charge is 0.254 e. The van der Waals surface area contributed by atoms with Crippen molar-refractivity contribution < 1.29 is 18.8 Å². The van der Waals surface area contributed by atoms with E-state index in [2.05, 4.69) is 15.6 Å². The van der Waals surface area contributed by atoms with Crippen LogP contribution in [0.15, 0.2) is 23.2 Å². The molecule has 1 aliphatic carbocycles. The van der Waals surface area contributed by atoms with Crippen LogP contribution >= 0.6 is 11.8 Å². The van der Waals surface area contributed by atoms with E-state index < -0.39 is 17.4 Å². The Morgan fingerprint density at radius 3 is 2.47 bits per heavy atom. The Hall–Kier alpha value is -2.42. The number of carbonyl (C=O) groups is 3. The van der Waals surface area contributed by atoms with E-state index in [1.165, 1.54) is 17.8 Å². The molecule has 0 bridgehead atoms. The van der Waals surface area contributed by atoms with Crippen molar-refractivity contribution >= 4 is 35.0 Å². The maximum Gasteiger partial charge on any atom is 0.254 e. The predicted octanol–water partition coefficient (Wildman–Crippen LogP) is 2.81. The quantitative estimate of drug-likeness (QED) is 0.683. The summed E-state index contributed by atoms with van der Waals surface area (Å²) in [4.78, 5) is 44.0. The number of nitrogens with one attached hydrogen (secondary N) is 2. The summed E-state index contributed by atoms with van der Waals surface area (Å²) >= 11 is 1.34. The SMILES string of the molecule is CC1CCC(C)N1C(=O)c1ccc([C@@H](C)NC(=O)C2(NC(=O)C3CN=CS3)CC2)c(F)c1. The molecule has 4 rings (SSSR count). The number of aliphatic imine (C=N–C) groups is 1. The van der Waals surface area contributed by atoms with Crippen LogP contribution in [-0.2, 0) is 9.59 Å². The normalized spacial score (nSPS) is 26.6. The number of carbonyl (C=O) groups excluding carboxylic acids is 3. The molecular weight excluding hydrogens is 431 g/mol. The van der Waals surface area contributed by atoms with E-state index in [-0.39, 0.29) is 35.1 Å². The first-order valence-electron chi connectivity index (χ1n) is 11.1. The van der Waals surface area contributed by atoms with Gasteiger partial charge in [0.05, 0.1) is 18.1 Å². The standard InChI is InChI=1S/C23H29FN4O3S/c1-13-4-5-14(2)28(13)21(30)16-6-7-17(18(24)10-16)15(3)26-22(31)23(8-9-23)27-20(29)19-11-25-12-32-19/h6-7,10,12-15,19H,4-5,8-9,11H2,1-3H3,(H,26,31)(H,27,29)/t13?,14?,15-,19?/m1/s1. The fourth-order valence-corrected chi connectivity index (χ4v) is 5.14. The first kappa shape index (κ1) is 22.8. The number of hydrogen-bond acceptors (Lipinski definition) is 5. The molecule has 3 amide bonds. The van der Waals surface area contributed by atoms with Crippen LogP contribution in [-0.4, -0.2) is 57.6 Å². The second-order valence-corrected chi connectivity index (χ2v) is 10.1. The molecule has 1 saturated carbocycles. The summed E-state index contributed by atoms with van der Waals surface area (Å²) in [7, 11) is 0. The second-order valence-electron chi connectivity index (χ2n) is 9.09. The zero-order valence-electron chi connectivity index (χ0n) is 18.6. The lowest BCUT2D eigenvalue weighted by atomic mass is 10.0. The van der Waals surface area contributed by atoms with Gasteiger partial charge in [-0.05, 0) is 58.6 Å². The Bertz CT molecular complexity index is 947. The molecule has 0 spiro atoms. The van der Waals surface area contributed by atoms with Crippen molar-refractivity contribution in [3.05, 3.63) is 35.1 Å². The van der Waals surface area contributed by atoms with Crippen molar-refractivity contribution in [3.63, 3.8) is 0 Å². The van der Waals surface area contributed by atoms with E-state index in [9.17, 15) is 18.8 Å². The summed E-state index contributed by atoms with van der Waals surface area (Å²) in [6.07, 6.45) is 3.00. The molecule has 172 valence electrons. The fourth-order valence-electron chi connectivity index (χ4n) is 4.46. The van der Waals surface area contributed by atoms with E-state index in [0.717, 1.165) is 12.8 Å². The number of thioether (sulfide) groups is 1. The lowest BCUT2D eigenvalue weighted by Crippen LogP contribution is -2.51. The molecule has 9 heteroatoms. The summed E-state index contributed by atoms with van der Waals surface area (Å²) in [5.74, 6) is -1.22. The first-order valence-corrected chi connectivity index (χ1v) is 12.0. The highest BCUT2D eigenvalue weighted by Crippen LogP contribution is 2.37. The molecule has 0 aromatic heterocycles. The van der Waals surface area contributed by atoms with Crippen molar-refractivity contribution in [1.82, 2.24) is 15.5 Å². The zero-order chi connectivity index (χ0) is 23.0. The first-order chi connectivity index (χ1) is 15.2. The molecule has 2 fully saturated rings. The van der Waals surface area contributed by atoms with E-state index in [4.69, 9.17) is 0 Å². The number of rotatable bonds is 6. The van der Waals surface area contributed by atoms with E-state index in [1.54, 1.807) is 24.6 Å². The number of benzene rings is 1. The van der Waals surface area contributed by atoms with E-state index in [0.29, 0.717) is 30.5 Å². The lowest BCUT2D eigenvalue weighted by Gasteiger charge is -2.27. The molecule has 1 aromatic rings. The van der Waals surface area contributed by atoms with Crippen molar-refractivity contribution in [3.8, 4) is 0 Å². The van der Waals surface area contributed by atoms with Gasteiger partial charge in [0.2, 0.25) is 11.8 Å². The highest BCUT2D eigenvalue weighted by Gasteiger charge is 2.52. The lowest BCUT2D eigenvalue weighted by molar-refractivity contribution is -0.130. The van der Waals surface area contributed by atoms with Gasteiger partial charge in [-0.25, -0.2) is 4.39 Å². The molecule has 2 N–H and O–H groups in total. The van der Waals surface area contributed by atoms with Crippen molar-refractivity contribution in [2.24, 2.45) is 4.99 Å². The van der Waals surface area contributed by atoms with Crippen molar-refractivity contribution in [1.29, 1.82) is 0 Å². The molecule has 3 aliphatic rings. The highest BCUT2D eigenvalue weighted by atomic mass is 32.2. The van der Waals surface area contributed by atoms with E-state index >= 15 is 0 Å². The van der Waals surface area contributed by atoms with Gasteiger partial charge in [0, 0.05) is 23.2 Å². The van der Waals surface area contributed by atoms with Gasteiger partial charge in [-0.3, -0.25) is 19.4 Å². The predicted molar refractivity (Wildman–Crippen MR) is 122 cm³/mol. The second kappa shape index (κ2) is 8.84. The number of amides is 3. The molecule has 7 nitrogen and oxygen atoms in total. The molecule has 1 saturated heterocycles.